The van der Waals surface area contributed by atoms with Crippen LogP contribution in [0.5, 0.6) is 5.75 Å². The quantitative estimate of drug-likeness (QED) is 0.665. The molecule has 1 aliphatic carbocycles. The zero-order valence-electron chi connectivity index (χ0n) is 13.5. The van der Waals surface area contributed by atoms with E-state index in [1.807, 2.05) is 30.5 Å². The van der Waals surface area contributed by atoms with Gasteiger partial charge in [-0.15, -0.1) is 0 Å². The third-order valence-corrected chi connectivity index (χ3v) is 4.36. The van der Waals surface area contributed by atoms with Crippen molar-refractivity contribution in [3.8, 4) is 5.75 Å². The topological polar surface area (TPSA) is 22.1 Å². The van der Waals surface area contributed by atoms with Gasteiger partial charge < -0.3 is 4.74 Å². The van der Waals surface area contributed by atoms with Crippen molar-refractivity contribution in [2.24, 2.45) is 0 Å². The molecule has 118 valence electrons. The van der Waals surface area contributed by atoms with Gasteiger partial charge in [-0.05, 0) is 64.9 Å². The van der Waals surface area contributed by atoms with Crippen molar-refractivity contribution >= 4 is 11.6 Å². The Morgan fingerprint density at radius 3 is 2.71 bits per heavy atom. The van der Waals surface area contributed by atoms with Gasteiger partial charge in [-0.25, -0.2) is 0 Å². The monoisotopic (exact) mass is 313 g/mol. The SMILES string of the molecule is C(=C1CCc2cc(OCc3ccccc3)ccc21)c1cccnc1. The number of nitrogens with zero attached hydrogens (tertiary/aromatic N) is 1. The Labute approximate surface area is 142 Å². The lowest BCUT2D eigenvalue weighted by molar-refractivity contribution is 0.306. The van der Waals surface area contributed by atoms with Crippen LogP contribution in [0.4, 0.5) is 0 Å². The van der Waals surface area contributed by atoms with Gasteiger partial charge in [0.05, 0.1) is 0 Å². The van der Waals surface area contributed by atoms with Crippen LogP contribution < -0.4 is 4.74 Å². The van der Waals surface area contributed by atoms with Crippen LogP contribution in [0.15, 0.2) is 73.1 Å². The molecule has 1 heterocycles. The first-order chi connectivity index (χ1) is 11.9. The van der Waals surface area contributed by atoms with Gasteiger partial charge in [-0.2, -0.15) is 0 Å². The van der Waals surface area contributed by atoms with E-state index in [9.17, 15) is 0 Å². The summed E-state index contributed by atoms with van der Waals surface area (Å²) in [5, 5.41) is 0. The van der Waals surface area contributed by atoms with Crippen LogP contribution >= 0.6 is 0 Å². The molecule has 0 spiro atoms. The van der Waals surface area contributed by atoms with Crippen molar-refractivity contribution in [2.75, 3.05) is 0 Å². The van der Waals surface area contributed by atoms with Gasteiger partial charge in [-0.3, -0.25) is 4.98 Å². The number of hydrogen-bond donors (Lipinski definition) is 0. The van der Waals surface area contributed by atoms with Crippen molar-refractivity contribution in [2.45, 2.75) is 19.4 Å². The Balaban J connectivity index is 1.51. The standard InChI is InChI=1S/C22H19NO/c1-2-5-17(6-3-1)16-24-21-10-11-22-19(8-9-20(22)14-21)13-18-7-4-12-23-15-18/h1-7,10-15H,8-9,16H2. The summed E-state index contributed by atoms with van der Waals surface area (Å²) in [6.07, 6.45) is 8.10. The minimum atomic E-state index is 0.609. The van der Waals surface area contributed by atoms with Crippen molar-refractivity contribution in [1.29, 1.82) is 0 Å². The maximum absolute atomic E-state index is 5.94. The molecule has 0 unspecified atom stereocenters. The molecule has 0 amide bonds. The molecule has 0 atom stereocenters. The molecular weight excluding hydrogens is 294 g/mol. The fourth-order valence-electron chi connectivity index (χ4n) is 3.14. The van der Waals surface area contributed by atoms with E-state index >= 15 is 0 Å². The molecule has 2 aromatic carbocycles. The second kappa shape index (κ2) is 6.71. The van der Waals surface area contributed by atoms with Gasteiger partial charge in [-0.1, -0.05) is 42.5 Å². The van der Waals surface area contributed by atoms with Crippen LogP contribution in [-0.2, 0) is 13.0 Å². The van der Waals surface area contributed by atoms with Crippen molar-refractivity contribution in [3.63, 3.8) is 0 Å². The number of fused-ring (bicyclic) bond motifs is 1. The highest BCUT2D eigenvalue weighted by molar-refractivity contribution is 5.85. The van der Waals surface area contributed by atoms with Crippen LogP contribution in [0.3, 0.4) is 0 Å². The first-order valence-electron chi connectivity index (χ1n) is 8.29. The van der Waals surface area contributed by atoms with Crippen LogP contribution in [0.1, 0.15) is 28.7 Å². The fourth-order valence-corrected chi connectivity index (χ4v) is 3.14. The Morgan fingerprint density at radius 1 is 0.958 bits per heavy atom. The van der Waals surface area contributed by atoms with Crippen molar-refractivity contribution in [3.05, 3.63) is 95.3 Å². The maximum atomic E-state index is 5.94. The molecular formula is C22H19NO. The van der Waals surface area contributed by atoms with Gasteiger partial charge in [0.15, 0.2) is 0 Å². The summed E-state index contributed by atoms with van der Waals surface area (Å²) in [5.74, 6) is 0.945. The maximum Gasteiger partial charge on any atom is 0.120 e. The van der Waals surface area contributed by atoms with Gasteiger partial charge >= 0.3 is 0 Å². The molecule has 2 nitrogen and oxygen atoms in total. The molecule has 0 radical (unpaired) electrons. The Kier molecular flexibility index (Phi) is 4.11. The summed E-state index contributed by atoms with van der Waals surface area (Å²) in [7, 11) is 0. The minimum Gasteiger partial charge on any atom is -0.489 e. The normalized spacial score (nSPS) is 14.6. The highest BCUT2D eigenvalue weighted by Gasteiger charge is 2.16. The number of benzene rings is 2. The molecule has 0 saturated carbocycles. The molecule has 0 aliphatic heterocycles. The summed E-state index contributed by atoms with van der Waals surface area (Å²) < 4.78 is 5.94. The number of aryl methyl sites for hydroxylation is 1. The number of rotatable bonds is 4. The number of pyridine rings is 1. The van der Waals surface area contributed by atoms with Crippen LogP contribution in [0, 0.1) is 0 Å². The Hall–Kier alpha value is -2.87. The summed E-state index contributed by atoms with van der Waals surface area (Å²) >= 11 is 0. The molecule has 1 aliphatic rings. The summed E-state index contributed by atoms with van der Waals surface area (Å²) in [5.41, 5.74) is 6.44. The van der Waals surface area contributed by atoms with E-state index in [1.54, 1.807) is 6.20 Å². The van der Waals surface area contributed by atoms with Crippen molar-refractivity contribution < 1.29 is 4.74 Å². The molecule has 4 rings (SSSR count). The second-order valence-corrected chi connectivity index (χ2v) is 6.05. The van der Waals surface area contributed by atoms with E-state index in [1.165, 1.54) is 22.3 Å². The lowest BCUT2D eigenvalue weighted by Gasteiger charge is -2.08. The lowest BCUT2D eigenvalue weighted by Crippen LogP contribution is -1.95. The van der Waals surface area contributed by atoms with E-state index in [2.05, 4.69) is 47.5 Å². The van der Waals surface area contributed by atoms with Crippen LogP contribution in [-0.4, -0.2) is 4.98 Å². The van der Waals surface area contributed by atoms with E-state index in [0.29, 0.717) is 6.61 Å². The zero-order chi connectivity index (χ0) is 16.2. The number of aromatic nitrogens is 1. The summed E-state index contributed by atoms with van der Waals surface area (Å²) in [6.45, 7) is 0.609. The predicted octanol–water partition coefficient (Wildman–Crippen LogP) is 5.15. The first-order valence-corrected chi connectivity index (χ1v) is 8.29. The minimum absolute atomic E-state index is 0.609. The third-order valence-electron chi connectivity index (χ3n) is 4.36. The predicted molar refractivity (Wildman–Crippen MR) is 97.6 cm³/mol. The highest BCUT2D eigenvalue weighted by atomic mass is 16.5. The summed E-state index contributed by atoms with van der Waals surface area (Å²) in [4.78, 5) is 4.19. The molecule has 0 N–H and O–H groups in total. The van der Waals surface area contributed by atoms with Gasteiger partial charge in [0.2, 0.25) is 0 Å². The largest absolute Gasteiger partial charge is 0.489 e. The first kappa shape index (κ1) is 14.7. The average molecular weight is 313 g/mol. The molecule has 0 bridgehead atoms. The van der Waals surface area contributed by atoms with Gasteiger partial charge in [0, 0.05) is 12.4 Å². The molecule has 0 saturated heterocycles. The molecule has 3 aromatic rings. The average Bonchev–Trinajstić information content (AvgIpc) is 3.04. The Bertz CT molecular complexity index is 854. The van der Waals surface area contributed by atoms with E-state index in [0.717, 1.165) is 24.2 Å². The smallest absolute Gasteiger partial charge is 0.120 e. The van der Waals surface area contributed by atoms with Gasteiger partial charge in [0.25, 0.3) is 0 Å². The Morgan fingerprint density at radius 2 is 1.88 bits per heavy atom. The van der Waals surface area contributed by atoms with E-state index in [-0.39, 0.29) is 0 Å². The van der Waals surface area contributed by atoms with E-state index in [4.69, 9.17) is 4.74 Å². The fraction of sp³-hybridized carbons (Fsp3) is 0.136. The summed E-state index contributed by atoms with van der Waals surface area (Å²) in [6, 6.07) is 20.8. The third kappa shape index (κ3) is 3.23. The zero-order valence-corrected chi connectivity index (χ0v) is 13.5. The van der Waals surface area contributed by atoms with Crippen LogP contribution in [0.25, 0.3) is 11.6 Å². The van der Waals surface area contributed by atoms with Crippen LogP contribution in [0.2, 0.25) is 0 Å². The number of allylic oxidation sites excluding steroid dienone is 1. The van der Waals surface area contributed by atoms with Gasteiger partial charge in [0.1, 0.15) is 12.4 Å². The number of ether oxygens (including phenoxy) is 1. The second-order valence-electron chi connectivity index (χ2n) is 6.05. The highest BCUT2D eigenvalue weighted by Crippen LogP contribution is 2.35. The van der Waals surface area contributed by atoms with Crippen molar-refractivity contribution in [1.82, 2.24) is 4.98 Å². The lowest BCUT2D eigenvalue weighted by atomic mass is 10.0. The number of hydrogen-bond acceptors (Lipinski definition) is 2. The van der Waals surface area contributed by atoms with E-state index < -0.39 is 0 Å². The molecule has 1 aromatic heterocycles. The molecule has 24 heavy (non-hydrogen) atoms. The molecule has 0 fully saturated rings. The molecule has 2 heteroatoms.